The van der Waals surface area contributed by atoms with Crippen LogP contribution in [0.5, 0.6) is 0 Å². The summed E-state index contributed by atoms with van der Waals surface area (Å²) in [6.45, 7) is 7.62. The molecule has 0 saturated carbocycles. The fourth-order valence-corrected chi connectivity index (χ4v) is 2.96. The minimum atomic E-state index is -0.502. The number of carbonyl (C=O) groups is 2. The first-order chi connectivity index (χ1) is 8.79. The van der Waals surface area contributed by atoms with Crippen molar-refractivity contribution in [2.75, 3.05) is 0 Å². The van der Waals surface area contributed by atoms with E-state index in [9.17, 15) is 9.59 Å². The van der Waals surface area contributed by atoms with Crippen LogP contribution in [0.25, 0.3) is 0 Å². The average Bonchev–Trinajstić information content (AvgIpc) is 2.26. The van der Waals surface area contributed by atoms with Crippen molar-refractivity contribution < 1.29 is 14.3 Å². The van der Waals surface area contributed by atoms with Gasteiger partial charge in [-0.3, -0.25) is 4.79 Å². The molecule has 1 heterocycles. The number of ether oxygens (including phenoxy) is 1. The van der Waals surface area contributed by atoms with E-state index in [2.05, 4.69) is 0 Å². The molecule has 1 saturated heterocycles. The smallest absolute Gasteiger partial charge is 0.410 e. The van der Waals surface area contributed by atoms with Gasteiger partial charge < -0.3 is 9.64 Å². The molecular formula is C15H23NO3. The molecule has 4 nitrogen and oxygen atoms in total. The second kappa shape index (κ2) is 4.99. The highest BCUT2D eigenvalue weighted by molar-refractivity contribution is 5.93. The minimum Gasteiger partial charge on any atom is -0.444 e. The first-order valence-corrected chi connectivity index (χ1v) is 7.01. The lowest BCUT2D eigenvalue weighted by Gasteiger charge is -2.45. The van der Waals surface area contributed by atoms with Crippen molar-refractivity contribution in [3.05, 3.63) is 12.2 Å². The van der Waals surface area contributed by atoms with E-state index in [0.29, 0.717) is 0 Å². The highest BCUT2D eigenvalue weighted by atomic mass is 16.6. The number of allylic oxidation sites excluding steroid dienone is 1. The van der Waals surface area contributed by atoms with Crippen molar-refractivity contribution in [3.8, 4) is 0 Å². The number of carbonyl (C=O) groups excluding carboxylic acids is 2. The number of fused-ring (bicyclic) bond motifs is 1. The molecule has 0 radical (unpaired) electrons. The summed E-state index contributed by atoms with van der Waals surface area (Å²) in [6.07, 6.45) is 5.72. The predicted octanol–water partition coefficient (Wildman–Crippen LogP) is 2.92. The normalized spacial score (nSPS) is 31.1. The molecule has 2 rings (SSSR count). The van der Waals surface area contributed by atoms with Gasteiger partial charge in [0.25, 0.3) is 0 Å². The Balaban J connectivity index is 2.19. The van der Waals surface area contributed by atoms with Crippen LogP contribution in [0.15, 0.2) is 12.2 Å². The van der Waals surface area contributed by atoms with E-state index >= 15 is 0 Å². The number of hydrogen-bond acceptors (Lipinski definition) is 3. The molecule has 0 aromatic heterocycles. The Morgan fingerprint density at radius 1 is 1.37 bits per heavy atom. The third-order valence-electron chi connectivity index (χ3n) is 3.82. The van der Waals surface area contributed by atoms with Gasteiger partial charge in [0.05, 0.1) is 0 Å². The van der Waals surface area contributed by atoms with Crippen molar-refractivity contribution in [1.29, 1.82) is 0 Å². The van der Waals surface area contributed by atoms with Crippen LogP contribution >= 0.6 is 0 Å². The summed E-state index contributed by atoms with van der Waals surface area (Å²) in [5.74, 6) is 0.102. The molecule has 1 fully saturated rings. The van der Waals surface area contributed by atoms with Gasteiger partial charge in [-0.05, 0) is 53.0 Å². The van der Waals surface area contributed by atoms with Crippen LogP contribution in [0.3, 0.4) is 0 Å². The molecule has 2 aliphatic rings. The van der Waals surface area contributed by atoms with Crippen molar-refractivity contribution in [2.24, 2.45) is 5.92 Å². The second-order valence-electron chi connectivity index (χ2n) is 6.53. The van der Waals surface area contributed by atoms with E-state index in [1.807, 2.05) is 33.8 Å². The van der Waals surface area contributed by atoms with Gasteiger partial charge in [0.15, 0.2) is 5.78 Å². The molecule has 1 aliphatic carbocycles. The van der Waals surface area contributed by atoms with Gasteiger partial charge in [0.2, 0.25) is 0 Å². The van der Waals surface area contributed by atoms with Gasteiger partial charge in [-0.2, -0.15) is 0 Å². The standard InChI is InChI=1S/C15H23NO3/c1-10-8-9-11-12(6-5-7-13(11)17)16(10)14(18)19-15(2,3)4/h5,7,10-12H,6,8-9H2,1-4H3. The van der Waals surface area contributed by atoms with Gasteiger partial charge in [-0.15, -0.1) is 0 Å². The van der Waals surface area contributed by atoms with E-state index in [1.54, 1.807) is 11.0 Å². The average molecular weight is 265 g/mol. The summed E-state index contributed by atoms with van der Waals surface area (Å²) < 4.78 is 5.48. The molecule has 3 unspecified atom stereocenters. The highest BCUT2D eigenvalue weighted by Crippen LogP contribution is 2.34. The molecule has 106 valence electrons. The quantitative estimate of drug-likeness (QED) is 0.676. The summed E-state index contributed by atoms with van der Waals surface area (Å²) in [5, 5.41) is 0. The number of rotatable bonds is 0. The summed E-state index contributed by atoms with van der Waals surface area (Å²) in [4.78, 5) is 26.1. The second-order valence-corrected chi connectivity index (χ2v) is 6.53. The van der Waals surface area contributed by atoms with Crippen LogP contribution in [0, 0.1) is 5.92 Å². The Morgan fingerprint density at radius 3 is 2.68 bits per heavy atom. The molecule has 3 atom stereocenters. The maximum Gasteiger partial charge on any atom is 0.410 e. The first kappa shape index (κ1) is 14.1. The van der Waals surface area contributed by atoms with Crippen molar-refractivity contribution in [1.82, 2.24) is 4.90 Å². The van der Waals surface area contributed by atoms with Crippen LogP contribution in [-0.4, -0.2) is 34.5 Å². The lowest BCUT2D eigenvalue weighted by atomic mass is 9.79. The van der Waals surface area contributed by atoms with E-state index in [4.69, 9.17) is 4.74 Å². The Labute approximate surface area is 114 Å². The summed E-state index contributed by atoms with van der Waals surface area (Å²) >= 11 is 0. The van der Waals surface area contributed by atoms with Gasteiger partial charge in [-0.25, -0.2) is 4.79 Å². The summed E-state index contributed by atoms with van der Waals surface area (Å²) in [6, 6.07) is 0.103. The van der Waals surface area contributed by atoms with Crippen molar-refractivity contribution in [2.45, 2.75) is 64.6 Å². The zero-order valence-electron chi connectivity index (χ0n) is 12.2. The van der Waals surface area contributed by atoms with Crippen LogP contribution in [0.2, 0.25) is 0 Å². The van der Waals surface area contributed by atoms with Crippen LogP contribution in [-0.2, 0) is 9.53 Å². The molecule has 1 amide bonds. The molecular weight excluding hydrogens is 242 g/mol. The SMILES string of the molecule is CC1CCC2C(=O)C=CCC2N1C(=O)OC(C)(C)C. The topological polar surface area (TPSA) is 46.6 Å². The Morgan fingerprint density at radius 2 is 2.05 bits per heavy atom. The molecule has 0 bridgehead atoms. The fourth-order valence-electron chi connectivity index (χ4n) is 2.96. The monoisotopic (exact) mass is 265 g/mol. The van der Waals surface area contributed by atoms with Crippen LogP contribution in [0.1, 0.15) is 47.0 Å². The molecule has 0 N–H and O–H groups in total. The Kier molecular flexibility index (Phi) is 3.70. The van der Waals surface area contributed by atoms with Gasteiger partial charge in [0.1, 0.15) is 5.60 Å². The third-order valence-corrected chi connectivity index (χ3v) is 3.82. The first-order valence-electron chi connectivity index (χ1n) is 7.01. The molecule has 4 heteroatoms. The molecule has 19 heavy (non-hydrogen) atoms. The van der Waals surface area contributed by atoms with E-state index in [-0.39, 0.29) is 29.9 Å². The van der Waals surface area contributed by atoms with Gasteiger partial charge >= 0.3 is 6.09 Å². The molecule has 1 aliphatic heterocycles. The number of likely N-dealkylation sites (tertiary alicyclic amines) is 1. The van der Waals surface area contributed by atoms with E-state index in [0.717, 1.165) is 19.3 Å². The predicted molar refractivity (Wildman–Crippen MR) is 72.8 cm³/mol. The van der Waals surface area contributed by atoms with E-state index in [1.165, 1.54) is 0 Å². The van der Waals surface area contributed by atoms with Crippen molar-refractivity contribution >= 4 is 11.9 Å². The minimum absolute atomic E-state index is 0.0314. The van der Waals surface area contributed by atoms with Gasteiger partial charge in [-0.1, -0.05) is 6.08 Å². The zero-order chi connectivity index (χ0) is 14.2. The third kappa shape index (κ3) is 2.99. The van der Waals surface area contributed by atoms with Crippen molar-refractivity contribution in [3.63, 3.8) is 0 Å². The summed E-state index contributed by atoms with van der Waals surface area (Å²) in [7, 11) is 0. The van der Waals surface area contributed by atoms with E-state index < -0.39 is 5.60 Å². The van der Waals surface area contributed by atoms with Gasteiger partial charge in [0, 0.05) is 18.0 Å². The van der Waals surface area contributed by atoms with Crippen LogP contribution < -0.4 is 0 Å². The number of hydrogen-bond donors (Lipinski definition) is 0. The number of piperidine rings is 1. The molecule has 0 spiro atoms. The maximum absolute atomic E-state index is 12.4. The number of ketones is 1. The molecule has 0 aromatic rings. The summed E-state index contributed by atoms with van der Waals surface area (Å²) in [5.41, 5.74) is -0.502. The Bertz CT molecular complexity index is 408. The maximum atomic E-state index is 12.4. The highest BCUT2D eigenvalue weighted by Gasteiger charge is 2.43. The molecule has 0 aromatic carbocycles. The lowest BCUT2D eigenvalue weighted by Crippen LogP contribution is -2.56. The zero-order valence-corrected chi connectivity index (χ0v) is 12.2. The largest absolute Gasteiger partial charge is 0.444 e. The fraction of sp³-hybridized carbons (Fsp3) is 0.733. The van der Waals surface area contributed by atoms with Crippen LogP contribution in [0.4, 0.5) is 4.79 Å². The number of amides is 1. The lowest BCUT2D eigenvalue weighted by molar-refractivity contribution is -0.123. The number of nitrogens with zero attached hydrogens (tertiary/aromatic N) is 1. The Hall–Kier alpha value is -1.32.